The van der Waals surface area contributed by atoms with Crippen LogP contribution >= 0.6 is 11.3 Å². The maximum Gasteiger partial charge on any atom is 0.227 e. The normalized spacial score (nSPS) is 31.1. The van der Waals surface area contributed by atoms with Gasteiger partial charge in [-0.25, -0.2) is 0 Å². The zero-order valence-electron chi connectivity index (χ0n) is 12.2. The minimum Gasteiger partial charge on any atom is -1.00 e. The number of piperidine rings is 3. The second-order valence-corrected chi connectivity index (χ2v) is 7.49. The van der Waals surface area contributed by atoms with Gasteiger partial charge in [-0.15, -0.1) is 11.3 Å². The molecule has 0 aromatic carbocycles. The fourth-order valence-electron chi connectivity index (χ4n) is 3.88. The number of thiophene rings is 1. The minimum absolute atomic E-state index is 0. The Morgan fingerprint density at radius 3 is 2.86 bits per heavy atom. The molecule has 0 amide bonds. The molecule has 4 nitrogen and oxygen atoms in total. The maximum atomic E-state index is 5.47. The number of aromatic nitrogens is 2. The van der Waals surface area contributed by atoms with Crippen molar-refractivity contribution in [3.8, 4) is 10.7 Å². The third kappa shape index (κ3) is 3.03. The van der Waals surface area contributed by atoms with Crippen molar-refractivity contribution < 1.29 is 33.0 Å². The van der Waals surface area contributed by atoms with Crippen LogP contribution in [0.3, 0.4) is 0 Å². The molecule has 5 rings (SSSR count). The van der Waals surface area contributed by atoms with Crippen LogP contribution in [0.5, 0.6) is 0 Å². The van der Waals surface area contributed by atoms with Crippen molar-refractivity contribution in [2.75, 3.05) is 26.7 Å². The maximum absolute atomic E-state index is 5.47. The molecule has 2 bridgehead atoms. The van der Waals surface area contributed by atoms with E-state index in [0.29, 0.717) is 0 Å². The highest BCUT2D eigenvalue weighted by molar-refractivity contribution is 7.13. The Kier molecular flexibility index (Phi) is 4.38. The van der Waals surface area contributed by atoms with Crippen LogP contribution in [-0.4, -0.2) is 41.3 Å². The Labute approximate surface area is 146 Å². The Bertz CT molecular complexity index is 590. The molecule has 1 unspecified atom stereocenters. The van der Waals surface area contributed by atoms with Gasteiger partial charge in [-0.3, -0.25) is 0 Å². The van der Waals surface area contributed by atoms with Crippen LogP contribution in [0.25, 0.3) is 10.7 Å². The van der Waals surface area contributed by atoms with Gasteiger partial charge in [0.15, 0.2) is 0 Å². The third-order valence-corrected chi connectivity index (χ3v) is 5.93. The molecule has 0 radical (unpaired) electrons. The Morgan fingerprint density at radius 2 is 2.19 bits per heavy atom. The number of halogens is 1. The highest BCUT2D eigenvalue weighted by Crippen LogP contribution is 2.38. The van der Waals surface area contributed by atoms with Crippen molar-refractivity contribution in [1.29, 1.82) is 0 Å². The van der Waals surface area contributed by atoms with Gasteiger partial charge in [-0.05, 0) is 17.4 Å². The third-order valence-electron chi connectivity index (χ3n) is 5.07. The van der Waals surface area contributed by atoms with E-state index in [-0.39, 0.29) is 24.0 Å². The molecule has 6 heteroatoms. The van der Waals surface area contributed by atoms with Crippen molar-refractivity contribution in [2.45, 2.75) is 19.3 Å². The first-order valence-electron chi connectivity index (χ1n) is 7.42. The first kappa shape index (κ1) is 15.4. The Balaban J connectivity index is 0.00000132. The van der Waals surface area contributed by atoms with E-state index in [1.54, 1.807) is 11.3 Å². The molecule has 114 valence electrons. The van der Waals surface area contributed by atoms with Crippen molar-refractivity contribution in [3.05, 3.63) is 23.4 Å². The zero-order chi connectivity index (χ0) is 13.6. The van der Waals surface area contributed by atoms with E-state index in [4.69, 9.17) is 4.52 Å². The molecule has 3 aliphatic heterocycles. The van der Waals surface area contributed by atoms with E-state index >= 15 is 0 Å². The van der Waals surface area contributed by atoms with Crippen LogP contribution in [-0.2, 0) is 6.42 Å². The van der Waals surface area contributed by atoms with Crippen molar-refractivity contribution in [2.24, 2.45) is 11.8 Å². The number of rotatable bonds is 3. The molecular weight excluding hydrogens is 397 g/mol. The number of hydrogen-bond donors (Lipinski definition) is 0. The van der Waals surface area contributed by atoms with Gasteiger partial charge in [-0.1, -0.05) is 11.2 Å². The summed E-state index contributed by atoms with van der Waals surface area (Å²) in [6.45, 7) is 3.98. The average molecular weight is 417 g/mol. The summed E-state index contributed by atoms with van der Waals surface area (Å²) in [4.78, 5) is 5.67. The topological polar surface area (TPSA) is 38.9 Å². The van der Waals surface area contributed by atoms with Gasteiger partial charge in [-0.2, -0.15) is 4.98 Å². The first-order valence-corrected chi connectivity index (χ1v) is 8.30. The molecule has 0 N–H and O–H groups in total. The van der Waals surface area contributed by atoms with Gasteiger partial charge in [0, 0.05) is 25.2 Å². The van der Waals surface area contributed by atoms with Gasteiger partial charge in [0.05, 0.1) is 31.6 Å². The lowest BCUT2D eigenvalue weighted by Crippen LogP contribution is -3.00. The van der Waals surface area contributed by atoms with E-state index < -0.39 is 0 Å². The highest BCUT2D eigenvalue weighted by atomic mass is 127. The molecule has 3 aliphatic rings. The number of hydrogen-bond acceptors (Lipinski definition) is 4. The molecule has 0 saturated carbocycles. The summed E-state index contributed by atoms with van der Waals surface area (Å²) in [5.74, 6) is 3.15. The molecule has 1 atom stereocenters. The Hall–Kier alpha value is -0.470. The van der Waals surface area contributed by atoms with Crippen LogP contribution in [0.2, 0.25) is 0 Å². The van der Waals surface area contributed by atoms with Crippen molar-refractivity contribution >= 4 is 11.3 Å². The lowest BCUT2D eigenvalue weighted by atomic mass is 9.76. The standard InChI is InChI=1S/C15H20N3OS.HI/c1-18-6-4-11(5-7-18)12(10-18)9-14-16-15(17-19-14)13-3-2-8-20-13;/h2-3,8,11-12H,4-7,9-10H2,1H3;1H/q+1;/p-1. The minimum atomic E-state index is 0. The summed E-state index contributed by atoms with van der Waals surface area (Å²) in [6.07, 6.45) is 3.69. The van der Waals surface area contributed by atoms with Crippen molar-refractivity contribution in [1.82, 2.24) is 10.1 Å². The SMILES string of the molecule is C[N+]12CCC(CC1)C(Cc1nc(-c3cccs3)no1)C2.[I-]. The van der Waals surface area contributed by atoms with E-state index in [2.05, 4.69) is 17.2 Å². The van der Waals surface area contributed by atoms with Gasteiger partial charge in [0.25, 0.3) is 0 Å². The van der Waals surface area contributed by atoms with E-state index in [1.807, 2.05) is 17.5 Å². The van der Waals surface area contributed by atoms with E-state index in [0.717, 1.165) is 34.8 Å². The molecule has 21 heavy (non-hydrogen) atoms. The predicted octanol–water partition coefficient (Wildman–Crippen LogP) is -0.169. The summed E-state index contributed by atoms with van der Waals surface area (Å²) in [5, 5.41) is 6.17. The summed E-state index contributed by atoms with van der Waals surface area (Å²) < 4.78 is 6.71. The molecule has 0 spiro atoms. The molecule has 2 aromatic heterocycles. The number of fused-ring (bicyclic) bond motifs is 3. The molecule has 3 saturated heterocycles. The second-order valence-electron chi connectivity index (χ2n) is 6.54. The average Bonchev–Trinajstić information content (AvgIpc) is 3.09. The van der Waals surface area contributed by atoms with Crippen LogP contribution < -0.4 is 24.0 Å². The van der Waals surface area contributed by atoms with Gasteiger partial charge in [0.2, 0.25) is 11.7 Å². The van der Waals surface area contributed by atoms with Crippen LogP contribution in [0.4, 0.5) is 0 Å². The van der Waals surface area contributed by atoms with Gasteiger partial charge < -0.3 is 33.0 Å². The smallest absolute Gasteiger partial charge is 0.227 e. The molecule has 0 aliphatic carbocycles. The van der Waals surface area contributed by atoms with Crippen molar-refractivity contribution in [3.63, 3.8) is 0 Å². The predicted molar refractivity (Wildman–Crippen MR) is 78.3 cm³/mol. The molecule has 2 aromatic rings. The van der Waals surface area contributed by atoms with Gasteiger partial charge in [0.1, 0.15) is 0 Å². The lowest BCUT2D eigenvalue weighted by molar-refractivity contribution is -0.929. The van der Waals surface area contributed by atoms with Gasteiger partial charge >= 0.3 is 0 Å². The van der Waals surface area contributed by atoms with Crippen LogP contribution in [0, 0.1) is 11.8 Å². The molecule has 3 fully saturated rings. The number of quaternary nitrogens is 1. The first-order chi connectivity index (χ1) is 9.72. The summed E-state index contributed by atoms with van der Waals surface area (Å²) in [6, 6.07) is 4.06. The van der Waals surface area contributed by atoms with Crippen LogP contribution in [0.15, 0.2) is 22.0 Å². The van der Waals surface area contributed by atoms with E-state index in [1.165, 1.54) is 37.0 Å². The summed E-state index contributed by atoms with van der Waals surface area (Å²) >= 11 is 1.66. The highest BCUT2D eigenvalue weighted by Gasteiger charge is 2.43. The van der Waals surface area contributed by atoms with E-state index in [9.17, 15) is 0 Å². The zero-order valence-corrected chi connectivity index (χ0v) is 15.1. The summed E-state index contributed by atoms with van der Waals surface area (Å²) in [7, 11) is 2.40. The molecule has 5 heterocycles. The number of nitrogens with zero attached hydrogens (tertiary/aromatic N) is 3. The quantitative estimate of drug-likeness (QED) is 0.515. The monoisotopic (exact) mass is 417 g/mol. The molecular formula is C15H20IN3OS. The summed E-state index contributed by atoms with van der Waals surface area (Å²) in [5.41, 5.74) is 0. The lowest BCUT2D eigenvalue weighted by Gasteiger charge is -2.50. The second kappa shape index (κ2) is 5.96. The fourth-order valence-corrected chi connectivity index (χ4v) is 4.53. The fraction of sp³-hybridized carbons (Fsp3) is 0.600. The Morgan fingerprint density at radius 1 is 1.38 bits per heavy atom. The van der Waals surface area contributed by atoms with Crippen LogP contribution in [0.1, 0.15) is 18.7 Å². The largest absolute Gasteiger partial charge is 1.00 e.